The molecule has 0 fully saturated rings. The second kappa shape index (κ2) is 7.70. The lowest BCUT2D eigenvalue weighted by molar-refractivity contribution is -0.145. The van der Waals surface area contributed by atoms with E-state index in [1.807, 2.05) is 49.2 Å². The quantitative estimate of drug-likeness (QED) is 0.728. The van der Waals surface area contributed by atoms with Gasteiger partial charge in [0.15, 0.2) is 5.82 Å². The van der Waals surface area contributed by atoms with E-state index in [9.17, 15) is 4.79 Å². The lowest BCUT2D eigenvalue weighted by Gasteiger charge is -2.17. The third-order valence-electron chi connectivity index (χ3n) is 3.31. The Balaban J connectivity index is 1.87. The monoisotopic (exact) mass is 303 g/mol. The number of methoxy groups -OCH3 is 1. The van der Waals surface area contributed by atoms with Crippen molar-refractivity contribution in [2.75, 3.05) is 20.7 Å². The van der Waals surface area contributed by atoms with Crippen LogP contribution in [0.5, 0.6) is 0 Å². The summed E-state index contributed by atoms with van der Waals surface area (Å²) in [7, 11) is 3.30. The van der Waals surface area contributed by atoms with Crippen LogP contribution in [0.3, 0.4) is 0 Å². The molecule has 0 N–H and O–H groups in total. The highest BCUT2D eigenvalue weighted by Gasteiger charge is 2.17. The summed E-state index contributed by atoms with van der Waals surface area (Å²) in [4.78, 5) is 17.7. The summed E-state index contributed by atoms with van der Waals surface area (Å²) in [5.41, 5.74) is 1.14. The van der Waals surface area contributed by atoms with E-state index < -0.39 is 0 Å². The zero-order valence-corrected chi connectivity index (χ0v) is 13.2. The molecule has 0 aliphatic heterocycles. The van der Waals surface area contributed by atoms with Gasteiger partial charge in [0, 0.05) is 13.0 Å². The second-order valence-electron chi connectivity index (χ2n) is 5.39. The first kappa shape index (κ1) is 16.2. The minimum atomic E-state index is -0.220. The molecule has 2 rings (SSSR count). The third-order valence-corrected chi connectivity index (χ3v) is 3.31. The van der Waals surface area contributed by atoms with Crippen LogP contribution in [-0.2, 0) is 22.5 Å². The first-order valence-electron chi connectivity index (χ1n) is 7.20. The molecule has 1 aromatic heterocycles. The molecular weight excluding hydrogens is 282 g/mol. The molecule has 118 valence electrons. The van der Waals surface area contributed by atoms with Gasteiger partial charge >= 0.3 is 5.97 Å². The van der Waals surface area contributed by atoms with Gasteiger partial charge in [-0.2, -0.15) is 4.98 Å². The van der Waals surface area contributed by atoms with Gasteiger partial charge in [-0.25, -0.2) is 0 Å². The SMILES string of the molecule is COC(=O)C(C)CN(C)Cc1nc(Cc2ccccc2)no1. The van der Waals surface area contributed by atoms with E-state index in [1.54, 1.807) is 0 Å². The topological polar surface area (TPSA) is 68.5 Å². The van der Waals surface area contributed by atoms with Crippen molar-refractivity contribution in [2.45, 2.75) is 19.9 Å². The lowest BCUT2D eigenvalue weighted by atomic mass is 10.1. The van der Waals surface area contributed by atoms with Crippen LogP contribution < -0.4 is 0 Å². The largest absolute Gasteiger partial charge is 0.469 e. The summed E-state index contributed by atoms with van der Waals surface area (Å²) in [5, 5.41) is 3.99. The van der Waals surface area contributed by atoms with Crippen molar-refractivity contribution in [3.05, 3.63) is 47.6 Å². The fourth-order valence-corrected chi connectivity index (χ4v) is 2.24. The van der Waals surface area contributed by atoms with E-state index in [0.717, 1.165) is 5.56 Å². The smallest absolute Gasteiger partial charge is 0.309 e. The summed E-state index contributed by atoms with van der Waals surface area (Å²) in [5.74, 6) is 0.796. The average Bonchev–Trinajstić information content (AvgIpc) is 2.94. The molecule has 1 aromatic carbocycles. The minimum absolute atomic E-state index is 0.193. The molecule has 0 saturated heterocycles. The van der Waals surface area contributed by atoms with Crippen molar-refractivity contribution in [1.82, 2.24) is 15.0 Å². The number of aromatic nitrogens is 2. The third kappa shape index (κ3) is 4.66. The first-order chi connectivity index (χ1) is 10.6. The molecule has 1 atom stereocenters. The number of carbonyl (C=O) groups is 1. The van der Waals surface area contributed by atoms with Gasteiger partial charge in [0.1, 0.15) is 0 Å². The number of benzene rings is 1. The van der Waals surface area contributed by atoms with Crippen LogP contribution in [0.2, 0.25) is 0 Å². The van der Waals surface area contributed by atoms with Crippen LogP contribution in [0.1, 0.15) is 24.2 Å². The van der Waals surface area contributed by atoms with E-state index in [2.05, 4.69) is 10.1 Å². The number of nitrogens with zero attached hydrogens (tertiary/aromatic N) is 3. The van der Waals surface area contributed by atoms with Crippen LogP contribution >= 0.6 is 0 Å². The maximum atomic E-state index is 11.4. The Bertz CT molecular complexity index is 598. The number of hydrogen-bond acceptors (Lipinski definition) is 6. The molecule has 2 aromatic rings. The molecular formula is C16H21N3O3. The van der Waals surface area contributed by atoms with E-state index in [4.69, 9.17) is 9.26 Å². The molecule has 22 heavy (non-hydrogen) atoms. The van der Waals surface area contributed by atoms with Crippen molar-refractivity contribution < 1.29 is 14.1 Å². The van der Waals surface area contributed by atoms with Gasteiger partial charge in [-0.05, 0) is 12.6 Å². The standard InChI is InChI=1S/C16H21N3O3/c1-12(16(20)21-3)10-19(2)11-15-17-14(18-22-15)9-13-7-5-4-6-8-13/h4-8,12H,9-11H2,1-3H3. The van der Waals surface area contributed by atoms with Gasteiger partial charge in [-0.15, -0.1) is 0 Å². The maximum absolute atomic E-state index is 11.4. The van der Waals surface area contributed by atoms with Gasteiger partial charge in [0.2, 0.25) is 5.89 Å². The van der Waals surface area contributed by atoms with Crippen LogP contribution in [0.25, 0.3) is 0 Å². The van der Waals surface area contributed by atoms with Crippen LogP contribution in [0.4, 0.5) is 0 Å². The van der Waals surface area contributed by atoms with Gasteiger partial charge in [0.05, 0.1) is 19.6 Å². The lowest BCUT2D eigenvalue weighted by Crippen LogP contribution is -2.29. The fraction of sp³-hybridized carbons (Fsp3) is 0.438. The van der Waals surface area contributed by atoms with E-state index in [1.165, 1.54) is 7.11 Å². The second-order valence-corrected chi connectivity index (χ2v) is 5.39. The molecule has 0 spiro atoms. The molecule has 0 aliphatic carbocycles. The first-order valence-corrected chi connectivity index (χ1v) is 7.20. The van der Waals surface area contributed by atoms with Gasteiger partial charge in [-0.3, -0.25) is 9.69 Å². The zero-order chi connectivity index (χ0) is 15.9. The van der Waals surface area contributed by atoms with Crippen LogP contribution in [-0.4, -0.2) is 41.7 Å². The van der Waals surface area contributed by atoms with Crippen molar-refractivity contribution >= 4 is 5.97 Å². The van der Waals surface area contributed by atoms with E-state index in [-0.39, 0.29) is 11.9 Å². The summed E-state index contributed by atoms with van der Waals surface area (Å²) < 4.78 is 9.97. The Morgan fingerprint density at radius 1 is 1.36 bits per heavy atom. The van der Waals surface area contributed by atoms with Crippen LogP contribution in [0.15, 0.2) is 34.9 Å². The number of ether oxygens (including phenoxy) is 1. The fourth-order valence-electron chi connectivity index (χ4n) is 2.24. The Morgan fingerprint density at radius 3 is 2.77 bits per heavy atom. The average molecular weight is 303 g/mol. The Morgan fingerprint density at radius 2 is 2.09 bits per heavy atom. The number of rotatable bonds is 7. The zero-order valence-electron chi connectivity index (χ0n) is 13.2. The summed E-state index contributed by atoms with van der Waals surface area (Å²) in [6, 6.07) is 10.00. The van der Waals surface area contributed by atoms with Crippen molar-refractivity contribution in [3.63, 3.8) is 0 Å². The Hall–Kier alpha value is -2.21. The molecule has 0 bridgehead atoms. The molecule has 0 aliphatic rings. The minimum Gasteiger partial charge on any atom is -0.469 e. The predicted octanol–water partition coefficient (Wildman–Crippen LogP) is 1.90. The summed E-state index contributed by atoms with van der Waals surface area (Å²) >= 11 is 0. The summed E-state index contributed by atoms with van der Waals surface area (Å²) in [6.45, 7) is 2.91. The van der Waals surface area contributed by atoms with E-state index >= 15 is 0 Å². The number of hydrogen-bond donors (Lipinski definition) is 0. The van der Waals surface area contributed by atoms with Gasteiger partial charge in [-0.1, -0.05) is 42.4 Å². The highest BCUT2D eigenvalue weighted by Crippen LogP contribution is 2.09. The maximum Gasteiger partial charge on any atom is 0.309 e. The molecule has 1 heterocycles. The normalized spacial score (nSPS) is 12.4. The van der Waals surface area contributed by atoms with Crippen LogP contribution in [0, 0.1) is 5.92 Å². The van der Waals surface area contributed by atoms with Crippen molar-refractivity contribution in [1.29, 1.82) is 0 Å². The molecule has 0 radical (unpaired) electrons. The van der Waals surface area contributed by atoms with Gasteiger partial charge < -0.3 is 9.26 Å². The predicted molar refractivity (Wildman–Crippen MR) is 81.1 cm³/mol. The number of carbonyl (C=O) groups excluding carboxylic acids is 1. The van der Waals surface area contributed by atoms with Crippen molar-refractivity contribution in [2.24, 2.45) is 5.92 Å². The number of esters is 1. The highest BCUT2D eigenvalue weighted by molar-refractivity contribution is 5.72. The molecule has 6 nitrogen and oxygen atoms in total. The molecule has 0 amide bonds. The molecule has 6 heteroatoms. The highest BCUT2D eigenvalue weighted by atomic mass is 16.5. The summed E-state index contributed by atoms with van der Waals surface area (Å²) in [6.07, 6.45) is 0.645. The Labute approximate surface area is 130 Å². The molecule has 0 saturated carbocycles. The van der Waals surface area contributed by atoms with Gasteiger partial charge in [0.25, 0.3) is 0 Å². The van der Waals surface area contributed by atoms with Crippen molar-refractivity contribution in [3.8, 4) is 0 Å². The van der Waals surface area contributed by atoms with E-state index in [0.29, 0.717) is 31.2 Å². The molecule has 1 unspecified atom stereocenters. The Kier molecular flexibility index (Phi) is 5.66.